The lowest BCUT2D eigenvalue weighted by Crippen LogP contribution is -2.65. The molecule has 0 aromatic heterocycles. The van der Waals surface area contributed by atoms with Crippen molar-refractivity contribution in [1.82, 2.24) is 0 Å². The van der Waals surface area contributed by atoms with Gasteiger partial charge in [-0.3, -0.25) is 14.3 Å². The van der Waals surface area contributed by atoms with Gasteiger partial charge in [0.25, 0.3) is 0 Å². The van der Waals surface area contributed by atoms with Crippen LogP contribution in [0.25, 0.3) is 0 Å². The SMILES string of the molecule is CC1=C(C(=O)F)C2(C)C3C(C1C1C2C(F)(F)OC1(F)F)C(F)(F)OC3(F)F. The van der Waals surface area contributed by atoms with Gasteiger partial charge in [0, 0.05) is 16.9 Å². The molecule has 0 radical (unpaired) electrons. The molecule has 3 aliphatic carbocycles. The van der Waals surface area contributed by atoms with Crippen molar-refractivity contribution in [2.24, 2.45) is 35.0 Å². The molecule has 0 N–H and O–H groups in total. The maximum Gasteiger partial charge on any atom is 0.364 e. The van der Waals surface area contributed by atoms with E-state index in [1.807, 2.05) is 0 Å². The van der Waals surface area contributed by atoms with Crippen LogP contribution in [0.4, 0.5) is 39.5 Å². The van der Waals surface area contributed by atoms with E-state index in [1.165, 1.54) is 0 Å². The topological polar surface area (TPSA) is 35.5 Å². The summed E-state index contributed by atoms with van der Waals surface area (Å²) in [6.45, 7) is 1.31. The van der Waals surface area contributed by atoms with E-state index in [4.69, 9.17) is 0 Å². The Hall–Kier alpha value is -1.30. The molecule has 0 aromatic carbocycles. The lowest BCUT2D eigenvalue weighted by atomic mass is 9.42. The van der Waals surface area contributed by atoms with Gasteiger partial charge in [-0.2, -0.15) is 39.5 Å². The average Bonchev–Trinajstić information content (AvgIpc) is 2.73. The highest BCUT2D eigenvalue weighted by molar-refractivity contribution is 5.91. The summed E-state index contributed by atoms with van der Waals surface area (Å²) in [7, 11) is 0. The number of hydrogen-bond acceptors (Lipinski definition) is 3. The van der Waals surface area contributed by atoms with Crippen LogP contribution in [0.2, 0.25) is 0 Å². The van der Waals surface area contributed by atoms with Gasteiger partial charge in [-0.15, -0.1) is 0 Å². The van der Waals surface area contributed by atoms with Gasteiger partial charge in [0.1, 0.15) is 0 Å². The third kappa shape index (κ3) is 1.95. The van der Waals surface area contributed by atoms with Crippen LogP contribution in [-0.2, 0) is 14.3 Å². The number of carbonyl (C=O) groups excluding carboxylic acids is 1. The van der Waals surface area contributed by atoms with Gasteiger partial charge < -0.3 is 0 Å². The molecule has 4 atom stereocenters. The van der Waals surface area contributed by atoms with E-state index in [0.717, 1.165) is 6.92 Å². The standard InChI is InChI=1S/C15H11F9O3/c1-3-4-6-8(14(21,22)26-12(6,17)18)11(2,5(3)10(16)25)9-7(4)13(19,20)27-15(9,23)24/h4,6-9H,1-2H3. The Kier molecular flexibility index (Phi) is 3.27. The smallest absolute Gasteiger partial charge is 0.256 e. The Labute approximate surface area is 145 Å². The molecular weight excluding hydrogens is 399 g/mol. The normalized spacial score (nSPS) is 47.7. The summed E-state index contributed by atoms with van der Waals surface area (Å²) in [5, 5.41) is 0. The van der Waals surface area contributed by atoms with Gasteiger partial charge in [0.2, 0.25) is 0 Å². The van der Waals surface area contributed by atoms with Gasteiger partial charge in [0.05, 0.1) is 23.7 Å². The summed E-state index contributed by atoms with van der Waals surface area (Å²) in [4.78, 5) is 11.5. The minimum atomic E-state index is -4.76. The molecular formula is C15H11F9O3. The minimum absolute atomic E-state index is 0.491. The molecule has 2 saturated heterocycles. The number of ether oxygens (including phenoxy) is 2. The summed E-state index contributed by atoms with van der Waals surface area (Å²) in [5.74, 6) is -13.3. The molecule has 5 aliphatic rings. The Morgan fingerprint density at radius 1 is 0.815 bits per heavy atom. The lowest BCUT2D eigenvalue weighted by Gasteiger charge is -2.58. The summed E-state index contributed by atoms with van der Waals surface area (Å²) < 4.78 is 135. The zero-order valence-electron chi connectivity index (χ0n) is 13.5. The van der Waals surface area contributed by atoms with E-state index in [0.29, 0.717) is 6.92 Å². The highest BCUT2D eigenvalue weighted by atomic mass is 19.3. The second-order valence-electron chi connectivity index (χ2n) is 7.60. The van der Waals surface area contributed by atoms with Crippen molar-refractivity contribution < 1.29 is 53.8 Å². The van der Waals surface area contributed by atoms with Crippen molar-refractivity contribution >= 4 is 6.04 Å². The maximum absolute atomic E-state index is 14.3. The summed E-state index contributed by atoms with van der Waals surface area (Å²) in [6.07, 6.45) is -18.8. The molecule has 5 rings (SSSR count). The molecule has 0 spiro atoms. The van der Waals surface area contributed by atoms with E-state index in [1.54, 1.807) is 0 Å². The summed E-state index contributed by atoms with van der Waals surface area (Å²) in [5.41, 5.74) is -5.00. The third-order valence-corrected chi connectivity index (χ3v) is 6.46. The zero-order chi connectivity index (χ0) is 20.5. The molecule has 2 aliphatic heterocycles. The van der Waals surface area contributed by atoms with E-state index in [-0.39, 0.29) is 0 Å². The molecule has 152 valence electrons. The molecule has 3 nitrogen and oxygen atoms in total. The molecule has 1 saturated carbocycles. The van der Waals surface area contributed by atoms with E-state index in [9.17, 15) is 44.3 Å². The second-order valence-corrected chi connectivity index (χ2v) is 7.60. The fourth-order valence-electron chi connectivity index (χ4n) is 5.93. The van der Waals surface area contributed by atoms with Gasteiger partial charge in [-0.05, 0) is 6.92 Å². The van der Waals surface area contributed by atoms with Gasteiger partial charge >= 0.3 is 30.5 Å². The number of alkyl halides is 8. The van der Waals surface area contributed by atoms with Gasteiger partial charge in [-0.1, -0.05) is 12.5 Å². The second kappa shape index (κ2) is 4.64. The number of allylic oxidation sites excluding steroid dienone is 2. The number of halogens is 9. The summed E-state index contributed by atoms with van der Waals surface area (Å²) >= 11 is 0. The quantitative estimate of drug-likeness (QED) is 0.477. The first-order valence-electron chi connectivity index (χ1n) is 7.83. The van der Waals surface area contributed by atoms with Crippen LogP contribution in [-0.4, -0.2) is 30.5 Å². The van der Waals surface area contributed by atoms with Crippen LogP contribution in [0, 0.1) is 35.0 Å². The van der Waals surface area contributed by atoms with Crippen molar-refractivity contribution in [2.45, 2.75) is 38.3 Å². The fraction of sp³-hybridized carbons (Fsp3) is 0.800. The Bertz CT molecular complexity index is 732. The van der Waals surface area contributed by atoms with Gasteiger partial charge in [-0.25, -0.2) is 0 Å². The van der Waals surface area contributed by atoms with E-state index < -0.39 is 76.6 Å². The minimum Gasteiger partial charge on any atom is -0.256 e. The van der Waals surface area contributed by atoms with Gasteiger partial charge in [0.15, 0.2) is 0 Å². The fourth-order valence-corrected chi connectivity index (χ4v) is 5.93. The van der Waals surface area contributed by atoms with Crippen LogP contribution >= 0.6 is 0 Å². The molecule has 3 fully saturated rings. The molecule has 0 aromatic rings. The molecule has 2 heterocycles. The van der Waals surface area contributed by atoms with Crippen LogP contribution in [0.1, 0.15) is 13.8 Å². The first-order chi connectivity index (χ1) is 12.0. The molecule has 4 unspecified atom stereocenters. The maximum atomic E-state index is 14.3. The summed E-state index contributed by atoms with van der Waals surface area (Å²) in [6, 6.07) is -2.42. The number of carbonyl (C=O) groups is 1. The molecule has 0 amide bonds. The average molecular weight is 410 g/mol. The first-order valence-corrected chi connectivity index (χ1v) is 7.83. The van der Waals surface area contributed by atoms with Crippen molar-refractivity contribution in [3.63, 3.8) is 0 Å². The predicted octanol–water partition coefficient (Wildman–Crippen LogP) is 4.35. The predicted molar refractivity (Wildman–Crippen MR) is 66.3 cm³/mol. The van der Waals surface area contributed by atoms with E-state index in [2.05, 4.69) is 9.47 Å². The first kappa shape index (κ1) is 19.0. The van der Waals surface area contributed by atoms with Crippen LogP contribution in [0.15, 0.2) is 11.1 Å². The van der Waals surface area contributed by atoms with Crippen molar-refractivity contribution in [3.8, 4) is 0 Å². The highest BCUT2D eigenvalue weighted by Gasteiger charge is 2.88. The van der Waals surface area contributed by atoms with Crippen LogP contribution in [0.3, 0.4) is 0 Å². The third-order valence-electron chi connectivity index (χ3n) is 6.46. The Morgan fingerprint density at radius 3 is 1.52 bits per heavy atom. The van der Waals surface area contributed by atoms with Crippen LogP contribution in [0.5, 0.6) is 0 Å². The highest BCUT2D eigenvalue weighted by Crippen LogP contribution is 2.78. The number of hydrogen-bond donors (Lipinski definition) is 0. The lowest BCUT2D eigenvalue weighted by molar-refractivity contribution is -0.355. The Balaban J connectivity index is 2.09. The largest absolute Gasteiger partial charge is 0.364 e. The Morgan fingerprint density at radius 2 is 1.19 bits per heavy atom. The molecule has 27 heavy (non-hydrogen) atoms. The molecule has 2 bridgehead atoms. The van der Waals surface area contributed by atoms with Crippen molar-refractivity contribution in [3.05, 3.63) is 11.1 Å². The van der Waals surface area contributed by atoms with E-state index >= 15 is 0 Å². The number of rotatable bonds is 1. The zero-order valence-corrected chi connectivity index (χ0v) is 13.5. The van der Waals surface area contributed by atoms with Crippen LogP contribution < -0.4 is 0 Å². The van der Waals surface area contributed by atoms with Crippen molar-refractivity contribution in [2.75, 3.05) is 0 Å². The molecule has 12 heteroatoms. The van der Waals surface area contributed by atoms with Crippen molar-refractivity contribution in [1.29, 1.82) is 0 Å². The monoisotopic (exact) mass is 410 g/mol.